The molecule has 15 heavy (non-hydrogen) atoms. The predicted molar refractivity (Wildman–Crippen MR) is 60.0 cm³/mol. The smallest absolute Gasteiger partial charge is 0.224 e. The molecule has 3 aliphatic rings. The second-order valence-electron chi connectivity index (χ2n) is 4.71. The molecule has 1 saturated carbocycles. The van der Waals surface area contributed by atoms with Crippen molar-refractivity contribution in [2.75, 3.05) is 26.2 Å². The first kappa shape index (κ1) is 11.2. The molecular formula is C10H18ClN3O. The molecule has 5 heteroatoms. The van der Waals surface area contributed by atoms with E-state index in [4.69, 9.17) is 0 Å². The number of fused-ring (bicyclic) bond motifs is 1. The van der Waals surface area contributed by atoms with Gasteiger partial charge in [-0.3, -0.25) is 4.79 Å². The third-order valence-corrected chi connectivity index (χ3v) is 3.83. The van der Waals surface area contributed by atoms with Crippen LogP contribution in [-0.4, -0.2) is 38.1 Å². The normalized spacial score (nSPS) is 41.9. The third-order valence-electron chi connectivity index (χ3n) is 3.83. The summed E-state index contributed by atoms with van der Waals surface area (Å²) in [6.07, 6.45) is 1.01. The number of hydrogen-bond acceptors (Lipinski definition) is 3. The SMILES string of the molecule is Cl.O=C(NC1C2CNCC21)[C@H]1CCNC1. The Kier molecular flexibility index (Phi) is 3.19. The fourth-order valence-corrected chi connectivity index (χ4v) is 2.79. The lowest BCUT2D eigenvalue weighted by Crippen LogP contribution is -2.37. The maximum Gasteiger partial charge on any atom is 0.224 e. The molecule has 0 aromatic heterocycles. The number of halogens is 1. The number of rotatable bonds is 2. The first-order valence-electron chi connectivity index (χ1n) is 5.58. The van der Waals surface area contributed by atoms with Crippen LogP contribution in [0.5, 0.6) is 0 Å². The van der Waals surface area contributed by atoms with Gasteiger partial charge in [0, 0.05) is 25.7 Å². The molecule has 3 rings (SSSR count). The Bertz CT molecular complexity index is 245. The van der Waals surface area contributed by atoms with Crippen LogP contribution in [0.2, 0.25) is 0 Å². The minimum absolute atomic E-state index is 0. The van der Waals surface area contributed by atoms with Gasteiger partial charge >= 0.3 is 0 Å². The summed E-state index contributed by atoms with van der Waals surface area (Å²) >= 11 is 0. The molecule has 3 atom stereocenters. The Morgan fingerprint density at radius 1 is 1.13 bits per heavy atom. The zero-order chi connectivity index (χ0) is 9.54. The van der Waals surface area contributed by atoms with Crippen molar-refractivity contribution in [1.82, 2.24) is 16.0 Å². The van der Waals surface area contributed by atoms with Gasteiger partial charge in [0.05, 0.1) is 5.92 Å². The fourth-order valence-electron chi connectivity index (χ4n) is 2.79. The van der Waals surface area contributed by atoms with Crippen LogP contribution < -0.4 is 16.0 Å². The Morgan fingerprint density at radius 2 is 1.87 bits per heavy atom. The summed E-state index contributed by atoms with van der Waals surface area (Å²) < 4.78 is 0. The van der Waals surface area contributed by atoms with Gasteiger partial charge in [-0.05, 0) is 24.8 Å². The van der Waals surface area contributed by atoms with Gasteiger partial charge in [-0.25, -0.2) is 0 Å². The molecule has 0 aromatic carbocycles. The molecule has 3 fully saturated rings. The Labute approximate surface area is 96.0 Å². The van der Waals surface area contributed by atoms with Gasteiger partial charge in [0.15, 0.2) is 0 Å². The second kappa shape index (κ2) is 4.28. The Hall–Kier alpha value is -0.320. The van der Waals surface area contributed by atoms with E-state index in [9.17, 15) is 4.79 Å². The Balaban J connectivity index is 0.000000853. The highest BCUT2D eigenvalue weighted by Crippen LogP contribution is 2.41. The van der Waals surface area contributed by atoms with E-state index in [1.165, 1.54) is 0 Å². The first-order chi connectivity index (χ1) is 6.86. The van der Waals surface area contributed by atoms with Crippen molar-refractivity contribution >= 4 is 18.3 Å². The largest absolute Gasteiger partial charge is 0.352 e. The van der Waals surface area contributed by atoms with Crippen LogP contribution in [0.25, 0.3) is 0 Å². The molecule has 1 aliphatic carbocycles. The molecular weight excluding hydrogens is 214 g/mol. The zero-order valence-electron chi connectivity index (χ0n) is 8.66. The van der Waals surface area contributed by atoms with Crippen molar-refractivity contribution in [1.29, 1.82) is 0 Å². The quantitative estimate of drug-likeness (QED) is 0.592. The first-order valence-corrected chi connectivity index (χ1v) is 5.58. The molecule has 2 saturated heterocycles. The number of hydrogen-bond donors (Lipinski definition) is 3. The van der Waals surface area contributed by atoms with Gasteiger partial charge in [0.1, 0.15) is 0 Å². The maximum atomic E-state index is 11.8. The molecule has 2 unspecified atom stereocenters. The average molecular weight is 232 g/mol. The molecule has 0 radical (unpaired) electrons. The molecule has 1 amide bonds. The lowest BCUT2D eigenvalue weighted by atomic mass is 10.1. The molecule has 3 N–H and O–H groups in total. The third kappa shape index (κ3) is 1.98. The van der Waals surface area contributed by atoms with Crippen LogP contribution in [-0.2, 0) is 4.79 Å². The van der Waals surface area contributed by atoms with Crippen molar-refractivity contribution in [3.05, 3.63) is 0 Å². The van der Waals surface area contributed by atoms with Crippen LogP contribution >= 0.6 is 12.4 Å². The molecule has 0 bridgehead atoms. The number of amides is 1. The van der Waals surface area contributed by atoms with Crippen molar-refractivity contribution in [3.8, 4) is 0 Å². The van der Waals surface area contributed by atoms with Crippen LogP contribution in [0.1, 0.15) is 6.42 Å². The molecule has 2 heterocycles. The molecule has 86 valence electrons. The summed E-state index contributed by atoms with van der Waals surface area (Å²) in [6, 6.07) is 0.490. The molecule has 2 aliphatic heterocycles. The van der Waals surface area contributed by atoms with Crippen LogP contribution in [0, 0.1) is 17.8 Å². The Morgan fingerprint density at radius 3 is 2.47 bits per heavy atom. The topological polar surface area (TPSA) is 53.2 Å². The summed E-state index contributed by atoms with van der Waals surface area (Å²) in [7, 11) is 0. The van der Waals surface area contributed by atoms with E-state index in [1.54, 1.807) is 0 Å². The monoisotopic (exact) mass is 231 g/mol. The maximum absolute atomic E-state index is 11.8. The van der Waals surface area contributed by atoms with Gasteiger partial charge in [0.25, 0.3) is 0 Å². The van der Waals surface area contributed by atoms with Crippen LogP contribution in [0.3, 0.4) is 0 Å². The minimum atomic E-state index is 0. The summed E-state index contributed by atoms with van der Waals surface area (Å²) in [5, 5.41) is 9.73. The number of carbonyl (C=O) groups is 1. The standard InChI is InChI=1S/C10H17N3O.ClH/c14-10(6-1-2-11-3-6)13-9-7-4-12-5-8(7)9;/h6-9,11-12H,1-5H2,(H,13,14);1H/t6-,7?,8?,9?;/m0./s1. The fraction of sp³-hybridized carbons (Fsp3) is 0.900. The number of nitrogens with one attached hydrogen (secondary N) is 3. The van der Waals surface area contributed by atoms with E-state index in [-0.39, 0.29) is 24.2 Å². The summed E-state index contributed by atoms with van der Waals surface area (Å²) in [4.78, 5) is 11.8. The lowest BCUT2D eigenvalue weighted by molar-refractivity contribution is -0.124. The summed E-state index contributed by atoms with van der Waals surface area (Å²) in [6.45, 7) is 4.06. The van der Waals surface area contributed by atoms with E-state index in [1.807, 2.05) is 0 Å². The van der Waals surface area contributed by atoms with Crippen LogP contribution in [0.4, 0.5) is 0 Å². The van der Waals surface area contributed by atoms with E-state index < -0.39 is 0 Å². The van der Waals surface area contributed by atoms with E-state index in [0.717, 1.165) is 44.4 Å². The summed E-state index contributed by atoms with van der Waals surface area (Å²) in [5.74, 6) is 1.96. The van der Waals surface area contributed by atoms with Gasteiger partial charge < -0.3 is 16.0 Å². The van der Waals surface area contributed by atoms with Crippen molar-refractivity contribution in [2.24, 2.45) is 17.8 Å². The highest BCUT2D eigenvalue weighted by molar-refractivity contribution is 5.85. The number of carbonyl (C=O) groups excluding carboxylic acids is 1. The van der Waals surface area contributed by atoms with Crippen molar-refractivity contribution in [3.63, 3.8) is 0 Å². The minimum Gasteiger partial charge on any atom is -0.352 e. The van der Waals surface area contributed by atoms with Gasteiger partial charge in [-0.2, -0.15) is 0 Å². The van der Waals surface area contributed by atoms with E-state index >= 15 is 0 Å². The molecule has 0 aromatic rings. The zero-order valence-corrected chi connectivity index (χ0v) is 9.48. The van der Waals surface area contributed by atoms with E-state index in [0.29, 0.717) is 6.04 Å². The van der Waals surface area contributed by atoms with E-state index in [2.05, 4.69) is 16.0 Å². The van der Waals surface area contributed by atoms with Gasteiger partial charge in [0.2, 0.25) is 5.91 Å². The molecule has 0 spiro atoms. The van der Waals surface area contributed by atoms with Crippen molar-refractivity contribution < 1.29 is 4.79 Å². The summed E-state index contributed by atoms with van der Waals surface area (Å²) in [5.41, 5.74) is 0. The van der Waals surface area contributed by atoms with Crippen molar-refractivity contribution in [2.45, 2.75) is 12.5 Å². The molecule has 4 nitrogen and oxygen atoms in total. The number of piperidine rings is 1. The van der Waals surface area contributed by atoms with Gasteiger partial charge in [-0.15, -0.1) is 12.4 Å². The highest BCUT2D eigenvalue weighted by Gasteiger charge is 2.53. The lowest BCUT2D eigenvalue weighted by Gasteiger charge is -2.11. The average Bonchev–Trinajstić information content (AvgIpc) is 2.75. The predicted octanol–water partition coefficient (Wildman–Crippen LogP) is -0.648. The second-order valence-corrected chi connectivity index (χ2v) is 4.71. The van der Waals surface area contributed by atoms with Crippen LogP contribution in [0.15, 0.2) is 0 Å². The van der Waals surface area contributed by atoms with Gasteiger partial charge in [-0.1, -0.05) is 0 Å². The highest BCUT2D eigenvalue weighted by atomic mass is 35.5.